The third-order valence-corrected chi connectivity index (χ3v) is 3.74. The van der Waals surface area contributed by atoms with E-state index in [1.54, 1.807) is 0 Å². The van der Waals surface area contributed by atoms with Crippen molar-refractivity contribution in [2.24, 2.45) is 0 Å². The van der Waals surface area contributed by atoms with E-state index < -0.39 is 12.0 Å². The summed E-state index contributed by atoms with van der Waals surface area (Å²) in [6.45, 7) is 1.60. The van der Waals surface area contributed by atoms with Crippen LogP contribution >= 0.6 is 23.2 Å². The van der Waals surface area contributed by atoms with Crippen LogP contribution in [-0.4, -0.2) is 35.2 Å². The predicted molar refractivity (Wildman–Crippen MR) is 81.0 cm³/mol. The Balaban J connectivity index is 2.04. The number of urea groups is 1. The molecule has 1 aliphatic rings. The Labute approximate surface area is 132 Å². The highest BCUT2D eigenvalue weighted by molar-refractivity contribution is 6.40. The summed E-state index contributed by atoms with van der Waals surface area (Å²) in [5.41, 5.74) is 2.87. The Morgan fingerprint density at radius 1 is 1.10 bits per heavy atom. The normalized spacial score (nSPS) is 15.5. The minimum absolute atomic E-state index is 0.0352. The van der Waals surface area contributed by atoms with Crippen LogP contribution in [0.1, 0.15) is 29.6 Å². The summed E-state index contributed by atoms with van der Waals surface area (Å²) in [7, 11) is 0. The van der Waals surface area contributed by atoms with Gasteiger partial charge in [-0.25, -0.2) is 14.6 Å². The predicted octanol–water partition coefficient (Wildman–Crippen LogP) is 3.21. The van der Waals surface area contributed by atoms with E-state index in [1.807, 2.05) is 5.01 Å². The van der Waals surface area contributed by atoms with Crippen LogP contribution in [0.4, 0.5) is 10.5 Å². The Hall–Kier alpha value is -1.50. The Morgan fingerprint density at radius 2 is 1.67 bits per heavy atom. The molecule has 6 nitrogen and oxygen atoms in total. The molecule has 0 radical (unpaired) electrons. The standard InChI is InChI=1S/C13H15Cl2N3O3/c14-9-6-8(12(19)20)7-10(15)11(9)16-13(21)17-18-4-2-1-3-5-18/h6-7H,1-5H2,(H,19,20)(H2,16,17,21). The smallest absolute Gasteiger partial charge is 0.335 e. The molecule has 0 unspecified atom stereocenters. The molecule has 0 aromatic heterocycles. The number of hydrogen-bond acceptors (Lipinski definition) is 3. The molecule has 0 aliphatic carbocycles. The van der Waals surface area contributed by atoms with Gasteiger partial charge in [0.25, 0.3) is 0 Å². The summed E-state index contributed by atoms with van der Waals surface area (Å²) < 4.78 is 0. The Kier molecular flexibility index (Phi) is 5.27. The number of aromatic carboxylic acids is 1. The number of carbonyl (C=O) groups excluding carboxylic acids is 1. The number of rotatable bonds is 3. The first-order chi connectivity index (χ1) is 9.97. The second kappa shape index (κ2) is 6.98. The fourth-order valence-corrected chi connectivity index (χ4v) is 2.69. The molecular weight excluding hydrogens is 317 g/mol. The van der Waals surface area contributed by atoms with Gasteiger partial charge in [0.05, 0.1) is 21.3 Å². The number of amides is 2. The van der Waals surface area contributed by atoms with E-state index in [-0.39, 0.29) is 21.3 Å². The fourth-order valence-electron chi connectivity index (χ4n) is 2.11. The van der Waals surface area contributed by atoms with Crippen molar-refractivity contribution in [2.45, 2.75) is 19.3 Å². The van der Waals surface area contributed by atoms with Crippen molar-refractivity contribution in [2.75, 3.05) is 18.4 Å². The molecule has 8 heteroatoms. The van der Waals surface area contributed by atoms with E-state index >= 15 is 0 Å². The van der Waals surface area contributed by atoms with Crippen LogP contribution in [0.2, 0.25) is 10.0 Å². The van der Waals surface area contributed by atoms with Gasteiger partial charge in [-0.2, -0.15) is 0 Å². The molecule has 0 saturated carbocycles. The zero-order valence-electron chi connectivity index (χ0n) is 11.2. The first-order valence-electron chi connectivity index (χ1n) is 6.52. The van der Waals surface area contributed by atoms with Crippen molar-refractivity contribution >= 4 is 40.9 Å². The first-order valence-corrected chi connectivity index (χ1v) is 7.28. The molecule has 1 fully saturated rings. The maximum absolute atomic E-state index is 11.9. The van der Waals surface area contributed by atoms with Crippen molar-refractivity contribution in [3.05, 3.63) is 27.7 Å². The summed E-state index contributed by atoms with van der Waals surface area (Å²) in [5, 5.41) is 13.4. The molecule has 1 aromatic rings. The summed E-state index contributed by atoms with van der Waals surface area (Å²) in [5.74, 6) is -1.14. The van der Waals surface area contributed by atoms with E-state index in [4.69, 9.17) is 28.3 Å². The molecule has 0 bridgehead atoms. The highest BCUT2D eigenvalue weighted by atomic mass is 35.5. The molecule has 0 spiro atoms. The summed E-state index contributed by atoms with van der Waals surface area (Å²) >= 11 is 11.9. The maximum atomic E-state index is 11.9. The van der Waals surface area contributed by atoms with Crippen molar-refractivity contribution in [3.8, 4) is 0 Å². The average molecular weight is 332 g/mol. The van der Waals surface area contributed by atoms with Gasteiger partial charge < -0.3 is 10.4 Å². The van der Waals surface area contributed by atoms with Gasteiger partial charge >= 0.3 is 12.0 Å². The molecule has 1 aliphatic heterocycles. The lowest BCUT2D eigenvalue weighted by atomic mass is 10.2. The monoisotopic (exact) mass is 331 g/mol. The lowest BCUT2D eigenvalue weighted by molar-refractivity contribution is 0.0697. The van der Waals surface area contributed by atoms with Crippen LogP contribution in [0.3, 0.4) is 0 Å². The van der Waals surface area contributed by atoms with Gasteiger partial charge in [-0.05, 0) is 25.0 Å². The number of benzene rings is 1. The lowest BCUT2D eigenvalue weighted by Gasteiger charge is -2.27. The molecule has 21 heavy (non-hydrogen) atoms. The van der Waals surface area contributed by atoms with Gasteiger partial charge in [0, 0.05) is 13.1 Å². The van der Waals surface area contributed by atoms with Crippen LogP contribution in [-0.2, 0) is 0 Å². The van der Waals surface area contributed by atoms with E-state index in [9.17, 15) is 9.59 Å². The second-order valence-electron chi connectivity index (χ2n) is 4.73. The van der Waals surface area contributed by atoms with Crippen molar-refractivity contribution in [3.63, 3.8) is 0 Å². The second-order valence-corrected chi connectivity index (χ2v) is 5.55. The Morgan fingerprint density at radius 3 is 2.19 bits per heavy atom. The van der Waals surface area contributed by atoms with Gasteiger partial charge in [-0.3, -0.25) is 5.43 Å². The van der Waals surface area contributed by atoms with Gasteiger partial charge in [0.2, 0.25) is 0 Å². The van der Waals surface area contributed by atoms with Gasteiger partial charge in [-0.1, -0.05) is 29.6 Å². The molecule has 1 heterocycles. The van der Waals surface area contributed by atoms with Crippen LogP contribution in [0, 0.1) is 0 Å². The number of carboxylic acid groups (broad SMARTS) is 1. The largest absolute Gasteiger partial charge is 0.478 e. The number of halogens is 2. The number of carboxylic acids is 1. The third-order valence-electron chi connectivity index (χ3n) is 3.14. The summed E-state index contributed by atoms with van der Waals surface area (Å²) in [6, 6.07) is 2.03. The van der Waals surface area contributed by atoms with Crippen molar-refractivity contribution < 1.29 is 14.7 Å². The molecule has 2 amide bonds. The number of anilines is 1. The zero-order valence-corrected chi connectivity index (χ0v) is 12.7. The van der Waals surface area contributed by atoms with E-state index in [0.717, 1.165) is 32.4 Å². The fraction of sp³-hybridized carbons (Fsp3) is 0.385. The molecule has 2 rings (SSSR count). The number of hydrazine groups is 1. The maximum Gasteiger partial charge on any atom is 0.335 e. The summed E-state index contributed by atoms with van der Waals surface area (Å²) in [6.07, 6.45) is 3.23. The summed E-state index contributed by atoms with van der Waals surface area (Å²) in [4.78, 5) is 22.8. The topological polar surface area (TPSA) is 81.7 Å². The SMILES string of the molecule is O=C(Nc1c(Cl)cc(C(=O)O)cc1Cl)NN1CCCCC1. The van der Waals surface area contributed by atoms with E-state index in [0.29, 0.717) is 0 Å². The number of piperidine rings is 1. The zero-order chi connectivity index (χ0) is 15.4. The molecule has 1 aromatic carbocycles. The number of nitrogens with one attached hydrogen (secondary N) is 2. The molecule has 114 valence electrons. The average Bonchev–Trinajstić information content (AvgIpc) is 2.43. The first kappa shape index (κ1) is 15.9. The minimum atomic E-state index is -1.14. The third kappa shape index (κ3) is 4.23. The van der Waals surface area contributed by atoms with Crippen LogP contribution in [0.5, 0.6) is 0 Å². The van der Waals surface area contributed by atoms with Gasteiger partial charge in [-0.15, -0.1) is 0 Å². The van der Waals surface area contributed by atoms with Gasteiger partial charge in [0.1, 0.15) is 0 Å². The van der Waals surface area contributed by atoms with E-state index in [2.05, 4.69) is 10.7 Å². The van der Waals surface area contributed by atoms with Crippen LogP contribution < -0.4 is 10.7 Å². The highest BCUT2D eigenvalue weighted by Crippen LogP contribution is 2.31. The number of nitrogens with zero attached hydrogens (tertiary/aromatic N) is 1. The van der Waals surface area contributed by atoms with E-state index in [1.165, 1.54) is 12.1 Å². The molecular formula is C13H15Cl2N3O3. The van der Waals surface area contributed by atoms with Gasteiger partial charge in [0.15, 0.2) is 0 Å². The number of carbonyl (C=O) groups is 2. The molecule has 3 N–H and O–H groups in total. The highest BCUT2D eigenvalue weighted by Gasteiger charge is 2.17. The molecule has 1 saturated heterocycles. The number of hydrogen-bond donors (Lipinski definition) is 3. The lowest BCUT2D eigenvalue weighted by Crippen LogP contribution is -2.46. The molecule has 0 atom stereocenters. The van der Waals surface area contributed by atoms with Crippen LogP contribution in [0.15, 0.2) is 12.1 Å². The quantitative estimate of drug-likeness (QED) is 0.794. The minimum Gasteiger partial charge on any atom is -0.478 e. The van der Waals surface area contributed by atoms with Crippen LogP contribution in [0.25, 0.3) is 0 Å². The van der Waals surface area contributed by atoms with Crippen molar-refractivity contribution in [1.29, 1.82) is 0 Å². The Bertz CT molecular complexity index is 537. The van der Waals surface area contributed by atoms with Crippen molar-refractivity contribution in [1.82, 2.24) is 10.4 Å².